The second-order valence-electron chi connectivity index (χ2n) is 3.63. The van der Waals surface area contributed by atoms with Gasteiger partial charge in [-0.25, -0.2) is 4.98 Å². The van der Waals surface area contributed by atoms with E-state index in [9.17, 15) is 0 Å². The van der Waals surface area contributed by atoms with Crippen LogP contribution < -0.4 is 5.73 Å². The first kappa shape index (κ1) is 10.3. The van der Waals surface area contributed by atoms with Crippen LogP contribution in [0.15, 0.2) is 35.7 Å². The molecule has 15 heavy (non-hydrogen) atoms. The van der Waals surface area contributed by atoms with Crippen LogP contribution in [-0.4, -0.2) is 4.98 Å². The average Bonchev–Trinajstić information content (AvgIpc) is 2.68. The van der Waals surface area contributed by atoms with Crippen molar-refractivity contribution in [3.05, 3.63) is 52.0 Å². The monoisotopic (exact) mass is 218 g/mol. The van der Waals surface area contributed by atoms with Gasteiger partial charge in [0.2, 0.25) is 0 Å². The van der Waals surface area contributed by atoms with Crippen LogP contribution in [0.25, 0.3) is 0 Å². The van der Waals surface area contributed by atoms with Gasteiger partial charge in [0.1, 0.15) is 5.01 Å². The molecule has 2 N–H and O–H groups in total. The molecule has 0 bridgehead atoms. The highest BCUT2D eigenvalue weighted by Gasteiger charge is 2.06. The first-order chi connectivity index (χ1) is 7.25. The van der Waals surface area contributed by atoms with E-state index >= 15 is 0 Å². The third-order valence-electron chi connectivity index (χ3n) is 2.19. The first-order valence-corrected chi connectivity index (χ1v) is 5.87. The van der Waals surface area contributed by atoms with Gasteiger partial charge in [-0.3, -0.25) is 0 Å². The van der Waals surface area contributed by atoms with E-state index < -0.39 is 0 Å². The van der Waals surface area contributed by atoms with E-state index in [1.165, 1.54) is 5.56 Å². The van der Waals surface area contributed by atoms with Crippen molar-refractivity contribution >= 4 is 11.3 Å². The number of aromatic nitrogens is 1. The van der Waals surface area contributed by atoms with Crippen molar-refractivity contribution in [2.24, 2.45) is 5.73 Å². The fourth-order valence-corrected chi connectivity index (χ4v) is 2.20. The van der Waals surface area contributed by atoms with E-state index in [1.807, 2.05) is 25.1 Å². The summed E-state index contributed by atoms with van der Waals surface area (Å²) in [6.45, 7) is 1.96. The van der Waals surface area contributed by atoms with Crippen LogP contribution in [0.3, 0.4) is 0 Å². The van der Waals surface area contributed by atoms with Crippen molar-refractivity contribution < 1.29 is 0 Å². The van der Waals surface area contributed by atoms with Crippen molar-refractivity contribution in [2.45, 2.75) is 19.4 Å². The fourth-order valence-electron chi connectivity index (χ4n) is 1.42. The van der Waals surface area contributed by atoms with Gasteiger partial charge in [0, 0.05) is 11.8 Å². The van der Waals surface area contributed by atoms with E-state index in [0.717, 1.165) is 17.1 Å². The van der Waals surface area contributed by atoms with Gasteiger partial charge in [0.05, 0.1) is 11.7 Å². The lowest BCUT2D eigenvalue weighted by molar-refractivity contribution is 0.800. The van der Waals surface area contributed by atoms with E-state index in [0.29, 0.717) is 0 Å². The zero-order valence-electron chi connectivity index (χ0n) is 8.68. The Morgan fingerprint density at radius 1 is 1.33 bits per heavy atom. The zero-order chi connectivity index (χ0) is 10.7. The summed E-state index contributed by atoms with van der Waals surface area (Å²) in [5.74, 6) is 0. The molecule has 0 aliphatic carbocycles. The van der Waals surface area contributed by atoms with E-state index in [4.69, 9.17) is 5.73 Å². The molecule has 2 aromatic rings. The maximum absolute atomic E-state index is 5.77. The maximum Gasteiger partial charge on any atom is 0.109 e. The summed E-state index contributed by atoms with van der Waals surface area (Å²) < 4.78 is 0. The topological polar surface area (TPSA) is 38.9 Å². The fraction of sp³-hybridized carbons (Fsp3) is 0.250. The summed E-state index contributed by atoms with van der Waals surface area (Å²) >= 11 is 1.64. The van der Waals surface area contributed by atoms with Gasteiger partial charge in [-0.05, 0) is 12.5 Å². The van der Waals surface area contributed by atoms with Crippen LogP contribution in [0, 0.1) is 0 Å². The Morgan fingerprint density at radius 3 is 2.67 bits per heavy atom. The zero-order valence-corrected chi connectivity index (χ0v) is 9.50. The SMILES string of the molecule is CC(N)c1nc(Cc2ccccc2)cs1. The van der Waals surface area contributed by atoms with E-state index in [2.05, 4.69) is 22.5 Å². The molecule has 0 aliphatic rings. The van der Waals surface area contributed by atoms with Crippen LogP contribution in [0.2, 0.25) is 0 Å². The Labute approximate surface area is 93.8 Å². The number of nitrogens with two attached hydrogens (primary N) is 1. The lowest BCUT2D eigenvalue weighted by atomic mass is 10.1. The number of hydrogen-bond acceptors (Lipinski definition) is 3. The summed E-state index contributed by atoms with van der Waals surface area (Å²) in [5, 5.41) is 3.10. The van der Waals surface area contributed by atoms with Crippen molar-refractivity contribution in [3.63, 3.8) is 0 Å². The molecule has 78 valence electrons. The summed E-state index contributed by atoms with van der Waals surface area (Å²) in [7, 11) is 0. The number of nitrogens with zero attached hydrogens (tertiary/aromatic N) is 1. The first-order valence-electron chi connectivity index (χ1n) is 4.99. The second kappa shape index (κ2) is 4.55. The Morgan fingerprint density at radius 2 is 2.07 bits per heavy atom. The standard InChI is InChI=1S/C12H14N2S/c1-9(13)12-14-11(8-15-12)7-10-5-3-2-4-6-10/h2-6,8-9H,7,13H2,1H3. The molecular weight excluding hydrogens is 204 g/mol. The van der Waals surface area contributed by atoms with Crippen LogP contribution in [-0.2, 0) is 6.42 Å². The Hall–Kier alpha value is -1.19. The maximum atomic E-state index is 5.77. The molecule has 0 amide bonds. The van der Waals surface area contributed by atoms with Gasteiger partial charge in [0.15, 0.2) is 0 Å². The van der Waals surface area contributed by atoms with Crippen LogP contribution in [0.4, 0.5) is 0 Å². The van der Waals surface area contributed by atoms with E-state index in [1.54, 1.807) is 11.3 Å². The quantitative estimate of drug-likeness (QED) is 0.860. The van der Waals surface area contributed by atoms with Gasteiger partial charge in [-0.15, -0.1) is 11.3 Å². The summed E-state index contributed by atoms with van der Waals surface area (Å²) in [4.78, 5) is 4.50. The molecule has 1 aromatic carbocycles. The van der Waals surface area contributed by atoms with Crippen LogP contribution in [0.5, 0.6) is 0 Å². The molecular formula is C12H14N2S. The van der Waals surface area contributed by atoms with Gasteiger partial charge in [-0.2, -0.15) is 0 Å². The average molecular weight is 218 g/mol. The van der Waals surface area contributed by atoms with Gasteiger partial charge in [-0.1, -0.05) is 30.3 Å². The highest BCUT2D eigenvalue weighted by molar-refractivity contribution is 7.09. The van der Waals surface area contributed by atoms with Gasteiger partial charge >= 0.3 is 0 Å². The summed E-state index contributed by atoms with van der Waals surface area (Å²) in [5.41, 5.74) is 8.17. The molecule has 0 saturated carbocycles. The predicted molar refractivity (Wildman–Crippen MR) is 64.0 cm³/mol. The van der Waals surface area contributed by atoms with Gasteiger partial charge in [0.25, 0.3) is 0 Å². The minimum absolute atomic E-state index is 0.0412. The third-order valence-corrected chi connectivity index (χ3v) is 3.28. The Kier molecular flexibility index (Phi) is 3.14. The number of rotatable bonds is 3. The minimum Gasteiger partial charge on any atom is -0.322 e. The molecule has 1 unspecified atom stereocenters. The lowest BCUT2D eigenvalue weighted by Crippen LogP contribution is -2.04. The molecule has 3 heteroatoms. The highest BCUT2D eigenvalue weighted by atomic mass is 32.1. The molecule has 1 heterocycles. The van der Waals surface area contributed by atoms with Crippen molar-refractivity contribution in [2.75, 3.05) is 0 Å². The number of benzene rings is 1. The van der Waals surface area contributed by atoms with Crippen LogP contribution >= 0.6 is 11.3 Å². The molecule has 1 atom stereocenters. The smallest absolute Gasteiger partial charge is 0.109 e. The van der Waals surface area contributed by atoms with Crippen molar-refractivity contribution in [1.29, 1.82) is 0 Å². The van der Waals surface area contributed by atoms with Gasteiger partial charge < -0.3 is 5.73 Å². The number of thiazole rings is 1. The predicted octanol–water partition coefficient (Wildman–Crippen LogP) is 2.75. The Bertz CT molecular complexity index is 420. The molecule has 0 saturated heterocycles. The second-order valence-corrected chi connectivity index (χ2v) is 4.52. The Balaban J connectivity index is 2.12. The highest BCUT2D eigenvalue weighted by Crippen LogP contribution is 2.17. The van der Waals surface area contributed by atoms with Crippen molar-refractivity contribution in [1.82, 2.24) is 4.98 Å². The van der Waals surface area contributed by atoms with Crippen LogP contribution in [0.1, 0.15) is 29.2 Å². The summed E-state index contributed by atoms with van der Waals surface area (Å²) in [6.07, 6.45) is 0.893. The minimum atomic E-state index is 0.0412. The molecule has 0 fully saturated rings. The molecule has 0 radical (unpaired) electrons. The molecule has 0 aliphatic heterocycles. The summed E-state index contributed by atoms with van der Waals surface area (Å²) in [6, 6.07) is 10.4. The molecule has 0 spiro atoms. The largest absolute Gasteiger partial charge is 0.322 e. The molecule has 1 aromatic heterocycles. The lowest BCUT2D eigenvalue weighted by Gasteiger charge is -1.98. The van der Waals surface area contributed by atoms with Crippen molar-refractivity contribution in [3.8, 4) is 0 Å². The number of hydrogen-bond donors (Lipinski definition) is 1. The molecule has 2 nitrogen and oxygen atoms in total. The van der Waals surface area contributed by atoms with E-state index in [-0.39, 0.29) is 6.04 Å². The molecule has 2 rings (SSSR count). The normalized spacial score (nSPS) is 12.7. The third kappa shape index (κ3) is 2.64.